The first-order valence-electron chi connectivity index (χ1n) is 4.67. The molecule has 0 atom stereocenters. The fourth-order valence-electron chi connectivity index (χ4n) is 1.68. The van der Waals surface area contributed by atoms with Crippen LogP contribution in [0.25, 0.3) is 0 Å². The Balaban J connectivity index is 2.53. The van der Waals surface area contributed by atoms with Crippen LogP contribution in [0, 0.1) is 11.3 Å². The van der Waals surface area contributed by atoms with Gasteiger partial charge < -0.3 is 4.74 Å². The summed E-state index contributed by atoms with van der Waals surface area (Å²) in [6.45, 7) is 5.05. The lowest BCUT2D eigenvalue weighted by molar-refractivity contribution is 0.233. The van der Waals surface area contributed by atoms with Gasteiger partial charge in [-0.25, -0.2) is 4.98 Å². The second kappa shape index (κ2) is 2.98. The van der Waals surface area contributed by atoms with E-state index in [0.717, 1.165) is 24.3 Å². The van der Waals surface area contributed by atoms with E-state index in [1.54, 1.807) is 12.3 Å². The van der Waals surface area contributed by atoms with Crippen molar-refractivity contribution in [2.45, 2.75) is 25.7 Å². The maximum atomic E-state index is 8.70. The first-order valence-corrected chi connectivity index (χ1v) is 4.67. The largest absolute Gasteiger partial charge is 0.493 e. The van der Waals surface area contributed by atoms with Crippen LogP contribution in [0.4, 0.5) is 0 Å². The second-order valence-electron chi connectivity index (χ2n) is 4.16. The molecule has 0 radical (unpaired) electrons. The van der Waals surface area contributed by atoms with E-state index < -0.39 is 0 Å². The van der Waals surface area contributed by atoms with Crippen molar-refractivity contribution >= 4 is 0 Å². The van der Waals surface area contributed by atoms with Crippen LogP contribution in [0.3, 0.4) is 0 Å². The van der Waals surface area contributed by atoms with Crippen molar-refractivity contribution < 1.29 is 4.74 Å². The van der Waals surface area contributed by atoms with E-state index in [1.807, 2.05) is 6.07 Å². The standard InChI is InChI=1S/C11H12N2O/c1-11(2)3-4-14-10-5-8(6-12)13-7-9(10)11/h5,7H,3-4H2,1-2H3. The molecule has 3 nitrogen and oxygen atoms in total. The lowest BCUT2D eigenvalue weighted by Gasteiger charge is -2.31. The molecule has 0 fully saturated rings. The van der Waals surface area contributed by atoms with Gasteiger partial charge in [0, 0.05) is 17.8 Å². The van der Waals surface area contributed by atoms with Crippen LogP contribution in [0.2, 0.25) is 0 Å². The van der Waals surface area contributed by atoms with E-state index in [-0.39, 0.29) is 5.41 Å². The van der Waals surface area contributed by atoms with Crippen LogP contribution in [-0.2, 0) is 5.41 Å². The summed E-state index contributed by atoms with van der Waals surface area (Å²) in [4.78, 5) is 4.07. The Morgan fingerprint density at radius 3 is 3.07 bits per heavy atom. The molecule has 0 spiro atoms. The van der Waals surface area contributed by atoms with Crippen LogP contribution in [0.1, 0.15) is 31.5 Å². The Morgan fingerprint density at radius 1 is 1.57 bits per heavy atom. The van der Waals surface area contributed by atoms with Gasteiger partial charge in [-0.15, -0.1) is 0 Å². The minimum Gasteiger partial charge on any atom is -0.493 e. The second-order valence-corrected chi connectivity index (χ2v) is 4.16. The zero-order valence-corrected chi connectivity index (χ0v) is 8.37. The van der Waals surface area contributed by atoms with Crippen molar-refractivity contribution in [2.24, 2.45) is 0 Å². The lowest BCUT2D eigenvalue weighted by Crippen LogP contribution is -2.26. The minimum atomic E-state index is 0.106. The number of ether oxygens (including phenoxy) is 1. The molecule has 0 aromatic carbocycles. The highest BCUT2D eigenvalue weighted by Crippen LogP contribution is 2.37. The summed E-state index contributed by atoms with van der Waals surface area (Å²) in [5.74, 6) is 0.813. The van der Waals surface area contributed by atoms with E-state index in [2.05, 4.69) is 18.8 Å². The fraction of sp³-hybridized carbons (Fsp3) is 0.455. The average molecular weight is 188 g/mol. The molecule has 2 heterocycles. The van der Waals surface area contributed by atoms with Gasteiger partial charge in [-0.1, -0.05) is 13.8 Å². The van der Waals surface area contributed by atoms with E-state index in [0.29, 0.717) is 5.69 Å². The van der Waals surface area contributed by atoms with Crippen LogP contribution in [0.5, 0.6) is 5.75 Å². The third kappa shape index (κ3) is 1.33. The molecule has 3 heteroatoms. The molecule has 2 rings (SSSR count). The molecule has 72 valence electrons. The van der Waals surface area contributed by atoms with E-state index >= 15 is 0 Å². The maximum absolute atomic E-state index is 8.70. The number of hydrogen-bond donors (Lipinski definition) is 0. The molecule has 14 heavy (non-hydrogen) atoms. The predicted octanol–water partition coefficient (Wildman–Crippen LogP) is 2.01. The van der Waals surface area contributed by atoms with Crippen molar-refractivity contribution in [3.63, 3.8) is 0 Å². The van der Waals surface area contributed by atoms with Gasteiger partial charge in [0.25, 0.3) is 0 Å². The summed E-state index contributed by atoms with van der Waals surface area (Å²) in [5, 5.41) is 8.70. The Hall–Kier alpha value is -1.56. The monoisotopic (exact) mass is 188 g/mol. The molecule has 1 aromatic heterocycles. The molecule has 0 aliphatic carbocycles. The number of aromatic nitrogens is 1. The van der Waals surface area contributed by atoms with Gasteiger partial charge in [-0.3, -0.25) is 0 Å². The zero-order chi connectivity index (χ0) is 10.2. The molecule has 0 unspecified atom stereocenters. The van der Waals surface area contributed by atoms with Crippen LogP contribution in [-0.4, -0.2) is 11.6 Å². The van der Waals surface area contributed by atoms with Crippen molar-refractivity contribution in [3.05, 3.63) is 23.5 Å². The quantitative estimate of drug-likeness (QED) is 0.625. The van der Waals surface area contributed by atoms with Gasteiger partial charge in [-0.2, -0.15) is 5.26 Å². The highest BCUT2D eigenvalue weighted by molar-refractivity contribution is 5.42. The number of pyridine rings is 1. The fourth-order valence-corrected chi connectivity index (χ4v) is 1.68. The number of nitrogens with zero attached hydrogens (tertiary/aromatic N) is 2. The third-order valence-electron chi connectivity index (χ3n) is 2.69. The Bertz CT molecular complexity index is 404. The molecule has 1 aromatic rings. The molecule has 1 aliphatic heterocycles. The molecule has 0 bridgehead atoms. The summed E-state index contributed by atoms with van der Waals surface area (Å²) in [6, 6.07) is 3.73. The Labute approximate surface area is 83.3 Å². The van der Waals surface area contributed by atoms with Crippen LogP contribution in [0.15, 0.2) is 12.3 Å². The number of fused-ring (bicyclic) bond motifs is 1. The topological polar surface area (TPSA) is 45.9 Å². The van der Waals surface area contributed by atoms with Crippen molar-refractivity contribution in [2.75, 3.05) is 6.61 Å². The van der Waals surface area contributed by atoms with Gasteiger partial charge in [0.2, 0.25) is 0 Å². The summed E-state index contributed by atoms with van der Waals surface area (Å²) < 4.78 is 5.51. The predicted molar refractivity (Wildman–Crippen MR) is 52.1 cm³/mol. The van der Waals surface area contributed by atoms with Gasteiger partial charge in [0.05, 0.1) is 6.61 Å². The van der Waals surface area contributed by atoms with Crippen LogP contribution < -0.4 is 4.74 Å². The van der Waals surface area contributed by atoms with Gasteiger partial charge in [0.1, 0.15) is 17.5 Å². The van der Waals surface area contributed by atoms with Crippen molar-refractivity contribution in [1.82, 2.24) is 4.98 Å². The molecule has 0 amide bonds. The van der Waals surface area contributed by atoms with E-state index in [4.69, 9.17) is 10.00 Å². The summed E-state index contributed by atoms with van der Waals surface area (Å²) in [7, 11) is 0. The smallest absolute Gasteiger partial charge is 0.144 e. The molecular formula is C11H12N2O. The Kier molecular flexibility index (Phi) is 1.92. The molecule has 0 saturated carbocycles. The number of nitriles is 1. The number of hydrogen-bond acceptors (Lipinski definition) is 3. The van der Waals surface area contributed by atoms with Gasteiger partial charge >= 0.3 is 0 Å². The lowest BCUT2D eigenvalue weighted by atomic mass is 9.81. The molecular weight excluding hydrogens is 176 g/mol. The summed E-state index contributed by atoms with van der Waals surface area (Å²) in [6.07, 6.45) is 2.75. The molecule has 0 N–H and O–H groups in total. The summed E-state index contributed by atoms with van der Waals surface area (Å²) >= 11 is 0. The van der Waals surface area contributed by atoms with Gasteiger partial charge in [-0.05, 0) is 11.8 Å². The van der Waals surface area contributed by atoms with Crippen molar-refractivity contribution in [1.29, 1.82) is 5.26 Å². The number of rotatable bonds is 0. The van der Waals surface area contributed by atoms with E-state index in [1.165, 1.54) is 0 Å². The normalized spacial score (nSPS) is 17.8. The molecule has 0 saturated heterocycles. The third-order valence-corrected chi connectivity index (χ3v) is 2.69. The van der Waals surface area contributed by atoms with E-state index in [9.17, 15) is 0 Å². The average Bonchev–Trinajstić information content (AvgIpc) is 2.16. The maximum Gasteiger partial charge on any atom is 0.144 e. The first kappa shape index (κ1) is 9.01. The van der Waals surface area contributed by atoms with Crippen molar-refractivity contribution in [3.8, 4) is 11.8 Å². The zero-order valence-electron chi connectivity index (χ0n) is 8.37. The highest BCUT2D eigenvalue weighted by atomic mass is 16.5. The minimum absolute atomic E-state index is 0.106. The first-order chi connectivity index (χ1) is 6.63. The SMILES string of the molecule is CC1(C)CCOc2cc(C#N)ncc21. The molecule has 1 aliphatic rings. The Morgan fingerprint density at radius 2 is 2.36 bits per heavy atom. The highest BCUT2D eigenvalue weighted by Gasteiger charge is 2.29. The summed E-state index contributed by atoms with van der Waals surface area (Å²) in [5.41, 5.74) is 1.62. The van der Waals surface area contributed by atoms with Crippen LogP contribution >= 0.6 is 0 Å². The van der Waals surface area contributed by atoms with Gasteiger partial charge in [0.15, 0.2) is 0 Å².